The fraction of sp³-hybridized carbons (Fsp3) is 0.500. The third-order valence-corrected chi connectivity index (χ3v) is 28.1. The molecule has 0 fully saturated rings. The van der Waals surface area contributed by atoms with Crippen LogP contribution in [-0.2, 0) is 33.2 Å². The number of halogens is 2. The Morgan fingerprint density at radius 2 is 1.06 bits per heavy atom. The van der Waals surface area contributed by atoms with E-state index in [0.29, 0.717) is 11.8 Å². The monoisotopic (exact) mass is 706 g/mol. The second kappa shape index (κ2) is 12.9. The van der Waals surface area contributed by atoms with Gasteiger partial charge >= 0.3 is 218 Å². The molecule has 0 aliphatic heterocycles. The van der Waals surface area contributed by atoms with Gasteiger partial charge < -0.3 is 0 Å². The van der Waals surface area contributed by atoms with Crippen LogP contribution in [0, 0.1) is 0 Å². The summed E-state index contributed by atoms with van der Waals surface area (Å²) in [4.78, 5) is 0. The number of hydrogen-bond donors (Lipinski definition) is 0. The summed E-state index contributed by atoms with van der Waals surface area (Å²) in [5, 5.41) is 0. The van der Waals surface area contributed by atoms with E-state index < -0.39 is 20.4 Å². The predicted molar refractivity (Wildman–Crippen MR) is 171 cm³/mol. The summed E-state index contributed by atoms with van der Waals surface area (Å²) < 4.78 is 1.48. The first-order chi connectivity index (χ1) is 16.1. The van der Waals surface area contributed by atoms with Crippen LogP contribution < -0.4 is 0 Å². The Balaban J connectivity index is 0.00000228. The second-order valence-corrected chi connectivity index (χ2v) is 29.3. The van der Waals surface area contributed by atoms with Crippen LogP contribution in [0.15, 0.2) is 35.4 Å². The molecule has 0 N–H and O–H groups in total. The van der Waals surface area contributed by atoms with E-state index in [4.69, 9.17) is 0 Å². The average Bonchev–Trinajstić information content (AvgIpc) is 3.29. The van der Waals surface area contributed by atoms with Crippen molar-refractivity contribution < 1.29 is 20.4 Å². The molecule has 196 valence electrons. The van der Waals surface area contributed by atoms with Crippen LogP contribution >= 0.6 is 34.0 Å². The van der Waals surface area contributed by atoms with Crippen LogP contribution in [-0.4, -0.2) is 5.43 Å². The van der Waals surface area contributed by atoms with Crippen LogP contribution in [0.1, 0.15) is 119 Å². The summed E-state index contributed by atoms with van der Waals surface area (Å²) in [6, 6.07) is 9.82. The molecule has 4 heteroatoms. The standard InChI is InChI=1S/2C15H19.C2H6Si.2BrH.Zr/c2*1-5-12-6-7-13(10(2)3)15-9-11(4)8-14(12)15;1-3-2;;;/h2*6-10H,5H2,1-4H3;1-2H3;2*1H;. The summed E-state index contributed by atoms with van der Waals surface area (Å²) in [5.41, 5.74) is 16.0. The van der Waals surface area contributed by atoms with Crippen molar-refractivity contribution in [3.8, 4) is 0 Å². The normalized spacial score (nSPS) is 17.8. The van der Waals surface area contributed by atoms with Crippen molar-refractivity contribution in [3.05, 3.63) is 79.9 Å². The van der Waals surface area contributed by atoms with Gasteiger partial charge in [-0.2, -0.15) is 0 Å². The van der Waals surface area contributed by atoms with Crippen molar-refractivity contribution in [1.82, 2.24) is 0 Å². The molecule has 2 aliphatic rings. The molecule has 0 nitrogen and oxygen atoms in total. The maximum absolute atomic E-state index is 2.66. The third-order valence-electron chi connectivity index (χ3n) is 8.26. The molecular weight excluding hydrogens is 663 g/mol. The summed E-state index contributed by atoms with van der Waals surface area (Å²) in [6.45, 7) is 24.5. The van der Waals surface area contributed by atoms with Gasteiger partial charge in [-0.3, -0.25) is 0 Å². The van der Waals surface area contributed by atoms with E-state index in [9.17, 15) is 0 Å². The Morgan fingerprint density at radius 1 is 0.694 bits per heavy atom. The summed E-state index contributed by atoms with van der Waals surface area (Å²) in [6.07, 6.45) is 7.52. The Morgan fingerprint density at radius 3 is 1.33 bits per heavy atom. The van der Waals surface area contributed by atoms with Gasteiger partial charge in [0, 0.05) is 0 Å². The molecule has 36 heavy (non-hydrogen) atoms. The van der Waals surface area contributed by atoms with Crippen molar-refractivity contribution in [2.45, 2.75) is 100 Å². The van der Waals surface area contributed by atoms with Gasteiger partial charge in [-0.05, 0) is 0 Å². The van der Waals surface area contributed by atoms with E-state index in [2.05, 4.69) is 105 Å². The summed E-state index contributed by atoms with van der Waals surface area (Å²) in [7, 11) is 0. The molecule has 0 saturated carbocycles. The SMILES string of the molecule is Br.Br.CCc1ccc(C(C)C)c2c1[CH]([Zr]([CH]1C(C)=Cc3c(C(C)C)ccc(CC)c31)=[Si](C)C)C(C)=C2. The molecule has 2 unspecified atom stereocenters. The van der Waals surface area contributed by atoms with Crippen LogP contribution in [0.5, 0.6) is 0 Å². The zero-order chi connectivity index (χ0) is 24.9. The van der Waals surface area contributed by atoms with Crippen LogP contribution in [0.3, 0.4) is 0 Å². The van der Waals surface area contributed by atoms with Gasteiger partial charge in [0.1, 0.15) is 0 Å². The molecule has 0 amide bonds. The number of rotatable bonds is 6. The minimum absolute atomic E-state index is 0. The van der Waals surface area contributed by atoms with Gasteiger partial charge in [0.15, 0.2) is 0 Å². The molecule has 0 spiro atoms. The van der Waals surface area contributed by atoms with Gasteiger partial charge in [0.25, 0.3) is 0 Å². The van der Waals surface area contributed by atoms with Gasteiger partial charge in [0.2, 0.25) is 0 Å². The van der Waals surface area contributed by atoms with Gasteiger partial charge in [-0.1, -0.05) is 0 Å². The van der Waals surface area contributed by atoms with E-state index >= 15 is 0 Å². The molecule has 4 rings (SSSR count). The van der Waals surface area contributed by atoms with Crippen molar-refractivity contribution in [1.29, 1.82) is 0 Å². The van der Waals surface area contributed by atoms with Crippen molar-refractivity contribution in [3.63, 3.8) is 0 Å². The first-order valence-electron chi connectivity index (χ1n) is 13.5. The van der Waals surface area contributed by atoms with E-state index in [1.165, 1.54) is 0 Å². The van der Waals surface area contributed by atoms with E-state index in [-0.39, 0.29) is 39.4 Å². The summed E-state index contributed by atoms with van der Waals surface area (Å²) >= 11 is -2.01. The van der Waals surface area contributed by atoms with Gasteiger partial charge in [-0.25, -0.2) is 0 Å². The number of fused-ring (bicyclic) bond motifs is 2. The van der Waals surface area contributed by atoms with Crippen LogP contribution in [0.2, 0.25) is 13.1 Å². The zero-order valence-corrected chi connectivity index (χ0v) is 30.9. The maximum atomic E-state index is 2.66. The Labute approximate surface area is 250 Å². The minimum atomic E-state index is -2.01. The quantitative estimate of drug-likeness (QED) is 0.262. The molecule has 2 atom stereocenters. The number of benzene rings is 2. The summed E-state index contributed by atoms with van der Waals surface area (Å²) in [5.74, 6) is 1.16. The van der Waals surface area contributed by atoms with Gasteiger partial charge in [0.05, 0.1) is 0 Å². The number of hydrogen-bond acceptors (Lipinski definition) is 0. The first kappa shape index (κ1) is 32.2. The molecule has 0 heterocycles. The van der Waals surface area contributed by atoms with Gasteiger partial charge in [-0.15, -0.1) is 34.0 Å². The number of allylic oxidation sites excluding steroid dienone is 2. The Kier molecular flexibility index (Phi) is 11.5. The van der Waals surface area contributed by atoms with Crippen molar-refractivity contribution >= 4 is 51.5 Å². The van der Waals surface area contributed by atoms with Crippen molar-refractivity contribution in [2.24, 2.45) is 0 Å². The molecule has 0 aromatic heterocycles. The fourth-order valence-electron chi connectivity index (χ4n) is 6.65. The molecule has 2 aromatic rings. The Hall–Kier alpha value is -0.0200. The van der Waals surface area contributed by atoms with Crippen LogP contribution in [0.25, 0.3) is 12.2 Å². The first-order valence-corrected chi connectivity index (χ1v) is 22.5. The fourth-order valence-corrected chi connectivity index (χ4v) is 27.6. The molecule has 2 aliphatic carbocycles. The molecule has 0 radical (unpaired) electrons. The Bertz CT molecular complexity index is 1140. The second-order valence-electron chi connectivity index (χ2n) is 11.4. The average molecular weight is 710 g/mol. The molecule has 2 aromatic carbocycles. The van der Waals surface area contributed by atoms with Crippen molar-refractivity contribution in [2.75, 3.05) is 0 Å². The van der Waals surface area contributed by atoms with E-state index in [1.54, 1.807) is 55.7 Å². The van der Waals surface area contributed by atoms with E-state index in [0.717, 1.165) is 20.1 Å². The molecular formula is C32H46Br2SiZr. The topological polar surface area (TPSA) is 0 Å². The third kappa shape index (κ3) is 5.50. The molecule has 0 bridgehead atoms. The zero-order valence-electron chi connectivity index (χ0n) is 24.0. The predicted octanol–water partition coefficient (Wildman–Crippen LogP) is 10.7. The van der Waals surface area contributed by atoms with E-state index in [1.807, 2.05) is 0 Å². The van der Waals surface area contributed by atoms with Crippen LogP contribution in [0.4, 0.5) is 0 Å². The number of aryl methyl sites for hydroxylation is 2. The molecule has 0 saturated heterocycles.